The number of nitrogens with zero attached hydrogens (tertiary/aromatic N) is 3. The summed E-state index contributed by atoms with van der Waals surface area (Å²) in [5.74, 6) is -0.632. The highest BCUT2D eigenvalue weighted by atomic mass is 19.1. The van der Waals surface area contributed by atoms with Gasteiger partial charge < -0.3 is 14.9 Å². The molecule has 0 spiro atoms. The highest BCUT2D eigenvalue weighted by molar-refractivity contribution is 6.03. The van der Waals surface area contributed by atoms with Gasteiger partial charge in [-0.05, 0) is 55.1 Å². The molecule has 2 heterocycles. The average Bonchev–Trinajstić information content (AvgIpc) is 2.85. The van der Waals surface area contributed by atoms with E-state index in [4.69, 9.17) is 0 Å². The first kappa shape index (κ1) is 21.9. The molecule has 0 amide bonds. The third kappa shape index (κ3) is 4.30. The van der Waals surface area contributed by atoms with Crippen molar-refractivity contribution in [3.8, 4) is 17.0 Å². The minimum atomic E-state index is -0.415. The number of anilines is 1. The molecule has 1 saturated heterocycles. The zero-order chi connectivity index (χ0) is 23.7. The lowest BCUT2D eigenvalue weighted by Crippen LogP contribution is -2.44. The van der Waals surface area contributed by atoms with Gasteiger partial charge in [-0.1, -0.05) is 24.3 Å². The fourth-order valence-corrected chi connectivity index (χ4v) is 4.28. The normalized spacial score (nSPS) is 14.8. The number of likely N-dealkylation sites (N-methyl/N-ethyl adjacent to an activating group) is 1. The van der Waals surface area contributed by atoms with Gasteiger partial charge in [0.1, 0.15) is 5.82 Å². The van der Waals surface area contributed by atoms with Crippen molar-refractivity contribution < 1.29 is 9.50 Å². The number of aromatic amines is 1. The number of nitrogens with one attached hydrogen (secondary N) is 1. The second-order valence-corrected chi connectivity index (χ2v) is 8.52. The first-order valence-electron chi connectivity index (χ1n) is 11.2. The van der Waals surface area contributed by atoms with Crippen molar-refractivity contribution in [3.05, 3.63) is 88.5 Å². The number of hydrogen-bond acceptors (Lipinski definition) is 5. The van der Waals surface area contributed by atoms with Crippen LogP contribution in [-0.2, 0) is 0 Å². The summed E-state index contributed by atoms with van der Waals surface area (Å²) >= 11 is 0. The molecular formula is C27H25FN4O2. The number of aromatic nitrogens is 1. The van der Waals surface area contributed by atoms with Crippen molar-refractivity contribution in [2.24, 2.45) is 4.99 Å². The van der Waals surface area contributed by atoms with Crippen molar-refractivity contribution in [2.45, 2.75) is 0 Å². The maximum Gasteiger partial charge on any atom is 0.258 e. The third-order valence-corrected chi connectivity index (χ3v) is 6.29. The Morgan fingerprint density at radius 3 is 2.44 bits per heavy atom. The molecule has 0 atom stereocenters. The molecule has 1 aliphatic rings. The summed E-state index contributed by atoms with van der Waals surface area (Å²) in [6.45, 7) is 4.04. The van der Waals surface area contributed by atoms with E-state index in [1.54, 1.807) is 36.4 Å². The van der Waals surface area contributed by atoms with E-state index in [-0.39, 0.29) is 11.7 Å². The third-order valence-electron chi connectivity index (χ3n) is 6.29. The van der Waals surface area contributed by atoms with Crippen molar-refractivity contribution in [2.75, 3.05) is 38.1 Å². The van der Waals surface area contributed by atoms with E-state index in [0.717, 1.165) is 37.6 Å². The number of pyridine rings is 1. The van der Waals surface area contributed by atoms with E-state index in [1.165, 1.54) is 12.3 Å². The molecule has 0 aliphatic carbocycles. The van der Waals surface area contributed by atoms with Gasteiger partial charge in [0, 0.05) is 54.4 Å². The van der Waals surface area contributed by atoms with Crippen molar-refractivity contribution in [3.63, 3.8) is 0 Å². The molecule has 1 aliphatic heterocycles. The van der Waals surface area contributed by atoms with E-state index < -0.39 is 5.56 Å². The summed E-state index contributed by atoms with van der Waals surface area (Å²) in [6, 6.07) is 19.4. The largest absolute Gasteiger partial charge is 0.494 e. The average molecular weight is 457 g/mol. The van der Waals surface area contributed by atoms with Crippen molar-refractivity contribution in [1.82, 2.24) is 9.88 Å². The molecule has 172 valence electrons. The molecule has 6 nitrogen and oxygen atoms in total. The molecule has 1 fully saturated rings. The first-order chi connectivity index (χ1) is 16.5. The minimum absolute atomic E-state index is 0.277. The van der Waals surface area contributed by atoms with Crippen LogP contribution in [0.2, 0.25) is 0 Å². The SMILES string of the molecule is CN1CCN(c2ccc(N=Cc3c(O)[nH]c(=O)c4ccc(-c5ccccc5F)cc34)cc2)CC1. The zero-order valence-corrected chi connectivity index (χ0v) is 18.8. The Morgan fingerprint density at radius 2 is 1.71 bits per heavy atom. The molecule has 0 bridgehead atoms. The first-order valence-corrected chi connectivity index (χ1v) is 11.2. The number of aromatic hydroxyl groups is 1. The van der Waals surface area contributed by atoms with Crippen LogP contribution in [0.3, 0.4) is 0 Å². The quantitative estimate of drug-likeness (QED) is 0.442. The van der Waals surface area contributed by atoms with E-state index in [9.17, 15) is 14.3 Å². The fourth-order valence-electron chi connectivity index (χ4n) is 4.28. The van der Waals surface area contributed by atoms with Crippen LogP contribution in [0.1, 0.15) is 5.56 Å². The molecule has 0 radical (unpaired) electrons. The molecule has 3 aromatic carbocycles. The number of aliphatic imine (C=N–C) groups is 1. The highest BCUT2D eigenvalue weighted by Gasteiger charge is 2.15. The Kier molecular flexibility index (Phi) is 5.86. The second kappa shape index (κ2) is 9.11. The van der Waals surface area contributed by atoms with Gasteiger partial charge in [-0.2, -0.15) is 0 Å². The Morgan fingerprint density at radius 1 is 0.971 bits per heavy atom. The number of hydrogen-bond donors (Lipinski definition) is 2. The van der Waals surface area contributed by atoms with Gasteiger partial charge in [0.25, 0.3) is 5.56 Å². The minimum Gasteiger partial charge on any atom is -0.494 e. The van der Waals surface area contributed by atoms with Crippen LogP contribution in [-0.4, -0.2) is 54.4 Å². The van der Waals surface area contributed by atoms with Crippen LogP contribution in [0.5, 0.6) is 5.88 Å². The van der Waals surface area contributed by atoms with Crippen LogP contribution in [0, 0.1) is 5.82 Å². The van der Waals surface area contributed by atoms with E-state index >= 15 is 0 Å². The Balaban J connectivity index is 1.49. The summed E-state index contributed by atoms with van der Waals surface area (Å²) in [6.07, 6.45) is 1.53. The van der Waals surface area contributed by atoms with Crippen LogP contribution in [0.15, 0.2) is 76.5 Å². The Labute approximate surface area is 196 Å². The van der Waals surface area contributed by atoms with Crippen molar-refractivity contribution >= 4 is 28.4 Å². The number of piperazine rings is 1. The second-order valence-electron chi connectivity index (χ2n) is 8.52. The number of benzene rings is 3. The maximum absolute atomic E-state index is 14.3. The molecule has 1 aromatic heterocycles. The van der Waals surface area contributed by atoms with Gasteiger partial charge in [0.15, 0.2) is 0 Å². The highest BCUT2D eigenvalue weighted by Crippen LogP contribution is 2.29. The molecule has 7 heteroatoms. The smallest absolute Gasteiger partial charge is 0.258 e. The van der Waals surface area contributed by atoms with E-state index in [0.29, 0.717) is 27.5 Å². The molecule has 0 unspecified atom stereocenters. The Hall–Kier alpha value is -3.97. The van der Waals surface area contributed by atoms with Gasteiger partial charge in [-0.15, -0.1) is 0 Å². The lowest BCUT2D eigenvalue weighted by molar-refractivity contribution is 0.313. The summed E-state index contributed by atoms with van der Waals surface area (Å²) in [4.78, 5) is 24.1. The summed E-state index contributed by atoms with van der Waals surface area (Å²) in [5, 5.41) is 11.4. The standard InChI is InChI=1S/C27H25FN4O2/c1-31-12-14-32(15-13-31)20-9-7-19(8-10-20)29-17-24-23-16-18(21-4-2-3-5-25(21)28)6-11-22(23)26(33)30-27(24)34/h2-11,16-17H,12-15H2,1H3,(H2,30,33,34). The van der Waals surface area contributed by atoms with Crippen LogP contribution in [0.4, 0.5) is 15.8 Å². The molecular weight excluding hydrogens is 431 g/mol. The van der Waals surface area contributed by atoms with E-state index in [2.05, 4.69) is 26.8 Å². The van der Waals surface area contributed by atoms with Crippen LogP contribution >= 0.6 is 0 Å². The van der Waals surface area contributed by atoms with Gasteiger partial charge >= 0.3 is 0 Å². The number of rotatable bonds is 4. The van der Waals surface area contributed by atoms with E-state index in [1.807, 2.05) is 24.3 Å². The number of halogens is 1. The monoisotopic (exact) mass is 456 g/mol. The predicted octanol–water partition coefficient (Wildman–Crippen LogP) is 4.54. The fraction of sp³-hybridized carbons (Fsp3) is 0.185. The lowest BCUT2D eigenvalue weighted by Gasteiger charge is -2.34. The van der Waals surface area contributed by atoms with Crippen LogP contribution < -0.4 is 10.5 Å². The van der Waals surface area contributed by atoms with Gasteiger partial charge in [0.05, 0.1) is 11.3 Å². The molecule has 5 rings (SSSR count). The number of H-pyrrole nitrogens is 1. The molecule has 0 saturated carbocycles. The topological polar surface area (TPSA) is 71.9 Å². The van der Waals surface area contributed by atoms with Gasteiger partial charge in [-0.3, -0.25) is 14.8 Å². The summed E-state index contributed by atoms with van der Waals surface area (Å²) < 4.78 is 14.3. The number of fused-ring (bicyclic) bond motifs is 1. The summed E-state index contributed by atoms with van der Waals surface area (Å²) in [5.41, 5.74) is 2.87. The molecule has 2 N–H and O–H groups in total. The van der Waals surface area contributed by atoms with Gasteiger partial charge in [0.2, 0.25) is 5.88 Å². The van der Waals surface area contributed by atoms with Crippen LogP contribution in [0.25, 0.3) is 21.9 Å². The van der Waals surface area contributed by atoms with Crippen molar-refractivity contribution in [1.29, 1.82) is 0 Å². The Bertz CT molecular complexity index is 1420. The predicted molar refractivity (Wildman–Crippen MR) is 135 cm³/mol. The molecule has 4 aromatic rings. The van der Waals surface area contributed by atoms with Gasteiger partial charge in [-0.25, -0.2) is 4.39 Å². The maximum atomic E-state index is 14.3. The summed E-state index contributed by atoms with van der Waals surface area (Å²) in [7, 11) is 2.13. The molecule has 34 heavy (non-hydrogen) atoms. The lowest BCUT2D eigenvalue weighted by atomic mass is 9.99. The zero-order valence-electron chi connectivity index (χ0n) is 18.8.